The number of amides is 1. The van der Waals surface area contributed by atoms with Crippen molar-refractivity contribution in [2.24, 2.45) is 5.73 Å². The number of primary amides is 1. The average molecular weight is 609 g/mol. The lowest BCUT2D eigenvalue weighted by Crippen LogP contribution is -2.68. The van der Waals surface area contributed by atoms with Crippen molar-refractivity contribution in [2.45, 2.75) is 44.2 Å². The molecule has 0 radical (unpaired) electrons. The Bertz CT molecular complexity index is 1840. The monoisotopic (exact) mass is 608 g/mol. The quantitative estimate of drug-likeness (QED) is 0.247. The molecular weight excluding hydrogens is 578 g/mol. The fourth-order valence-electron chi connectivity index (χ4n) is 5.70. The topological polar surface area (TPSA) is 181 Å². The molecule has 7 rings (SSSR count). The lowest BCUT2D eigenvalue weighted by Gasteiger charge is -2.28. The van der Waals surface area contributed by atoms with Gasteiger partial charge in [-0.25, -0.2) is 9.97 Å². The first-order valence-corrected chi connectivity index (χ1v) is 15.6. The molecule has 15 heteroatoms. The minimum Gasteiger partial charge on any atom is -0.378 e. The van der Waals surface area contributed by atoms with Gasteiger partial charge in [-0.3, -0.25) is 9.59 Å². The van der Waals surface area contributed by atoms with Gasteiger partial charge in [0.15, 0.2) is 11.1 Å². The Labute approximate surface area is 247 Å². The van der Waals surface area contributed by atoms with E-state index in [1.807, 2.05) is 11.4 Å². The van der Waals surface area contributed by atoms with Gasteiger partial charge in [0.2, 0.25) is 5.95 Å². The van der Waals surface area contributed by atoms with E-state index in [1.165, 1.54) is 22.2 Å². The highest BCUT2D eigenvalue weighted by Crippen LogP contribution is 2.38. The van der Waals surface area contributed by atoms with Crippen molar-refractivity contribution in [3.05, 3.63) is 51.1 Å². The summed E-state index contributed by atoms with van der Waals surface area (Å²) < 4.78 is 14.3. The second kappa shape index (κ2) is 11.1. The van der Waals surface area contributed by atoms with Gasteiger partial charge in [0, 0.05) is 42.6 Å². The molecule has 2 aliphatic rings. The molecule has 6 heterocycles. The van der Waals surface area contributed by atoms with Crippen LogP contribution in [0.3, 0.4) is 0 Å². The predicted octanol–water partition coefficient (Wildman–Crippen LogP) is 1.91. The minimum atomic E-state index is -0.654. The molecule has 5 aromatic heterocycles. The van der Waals surface area contributed by atoms with E-state index in [4.69, 9.17) is 20.0 Å². The molecule has 0 bridgehead atoms. The molecule has 2 fully saturated rings. The van der Waals surface area contributed by atoms with Gasteiger partial charge in [-0.2, -0.15) is 9.61 Å². The first-order valence-electron chi connectivity index (χ1n) is 13.9. The number of aromatic nitrogens is 5. The summed E-state index contributed by atoms with van der Waals surface area (Å²) in [5.41, 5.74) is 12.5. The van der Waals surface area contributed by atoms with Crippen LogP contribution in [0, 0.1) is 0 Å². The number of nitrogens with zero attached hydrogens (tertiary/aromatic N) is 6. The van der Waals surface area contributed by atoms with Crippen molar-refractivity contribution in [1.29, 1.82) is 0 Å². The third-order valence-electron chi connectivity index (χ3n) is 7.90. The number of morpholine rings is 1. The van der Waals surface area contributed by atoms with Gasteiger partial charge in [-0.05, 0) is 12.8 Å². The Kier molecular flexibility index (Phi) is 7.09. The Balaban J connectivity index is 1.23. The molecule has 0 spiro atoms. The van der Waals surface area contributed by atoms with Gasteiger partial charge in [-0.1, -0.05) is 11.6 Å². The predicted molar refractivity (Wildman–Crippen MR) is 159 cm³/mol. The molecule has 42 heavy (non-hydrogen) atoms. The van der Waals surface area contributed by atoms with E-state index >= 15 is 0 Å². The smallest absolute Gasteiger partial charge is 0.254 e. The number of nitrogens with two attached hydrogens (primary N) is 1. The maximum absolute atomic E-state index is 13.0. The number of nitrogens with one attached hydrogen (secondary N) is 1. The molecule has 6 N–H and O–H groups in total. The molecule has 1 amide bonds. The number of ether oxygens (including phenoxy) is 1. The fraction of sp³-hybridized carbons (Fsp3) is 0.407. The fourth-order valence-corrected chi connectivity index (χ4v) is 8.06. The molecule has 2 atom stereocenters. The van der Waals surface area contributed by atoms with E-state index in [0.29, 0.717) is 46.7 Å². The normalized spacial score (nSPS) is 19.5. The third-order valence-corrected chi connectivity index (χ3v) is 10.2. The summed E-state index contributed by atoms with van der Waals surface area (Å²) in [4.78, 5) is 36.8. The summed E-state index contributed by atoms with van der Waals surface area (Å²) in [6, 6.07) is 3.89. The van der Waals surface area contributed by atoms with Crippen molar-refractivity contribution >= 4 is 54.6 Å². The standard InChI is InChI=1S/C27H29N9O4S2/c28-16-3-1-2-4-17(16)32-27-33-19(22(25(29)38)26-30-13-31-36(26)27)10-14-9-18(34-40-14)15-12-41-24-20(37)11-21(42-23(15)24)35-5-7-39-8-6-35/h9,11-13,16-17H,1-8,10,28H2,(H2,29,38)(H,32,33)/p+1/t16-,17+/m1/s1. The minimum absolute atomic E-state index is 0.00960. The Morgan fingerprint density at radius 2 is 2.02 bits per heavy atom. The summed E-state index contributed by atoms with van der Waals surface area (Å²) in [6.07, 6.45) is 5.81. The van der Waals surface area contributed by atoms with E-state index < -0.39 is 5.91 Å². The van der Waals surface area contributed by atoms with Crippen LogP contribution in [0.15, 0.2) is 33.2 Å². The van der Waals surface area contributed by atoms with E-state index in [9.17, 15) is 9.59 Å². The van der Waals surface area contributed by atoms with Crippen LogP contribution in [0.25, 0.3) is 26.3 Å². The largest absolute Gasteiger partial charge is 0.378 e. The summed E-state index contributed by atoms with van der Waals surface area (Å²) in [5, 5.41) is 15.0. The van der Waals surface area contributed by atoms with Crippen molar-refractivity contribution in [3.63, 3.8) is 0 Å². The van der Waals surface area contributed by atoms with Crippen molar-refractivity contribution in [3.8, 4) is 11.3 Å². The lowest BCUT2D eigenvalue weighted by molar-refractivity contribution is -0.427. The second-order valence-electron chi connectivity index (χ2n) is 10.6. The van der Waals surface area contributed by atoms with E-state index in [1.54, 1.807) is 17.4 Å². The van der Waals surface area contributed by atoms with Crippen LogP contribution in [0.2, 0.25) is 0 Å². The zero-order chi connectivity index (χ0) is 28.8. The second-order valence-corrected chi connectivity index (χ2v) is 12.5. The number of carbonyl (C=O) groups excluding carboxylic acids is 1. The summed E-state index contributed by atoms with van der Waals surface area (Å²) in [7, 11) is 0. The van der Waals surface area contributed by atoms with Gasteiger partial charge in [-0.15, -0.1) is 22.7 Å². The van der Waals surface area contributed by atoms with Gasteiger partial charge in [0.1, 0.15) is 29.4 Å². The number of fused-ring (bicyclic) bond motifs is 2. The SMILES string of the molecule is NC(=O)c1c(Cc2cc(-c3csc4c(=O)cc(N5CCOCC5)sc34)no2)nc(N[C@H]2CCCC[C@H]2[NH3+])n2ncnc12. The van der Waals surface area contributed by atoms with E-state index in [2.05, 4.69) is 31.2 Å². The molecule has 1 aliphatic heterocycles. The van der Waals surface area contributed by atoms with Gasteiger partial charge >= 0.3 is 0 Å². The number of rotatable bonds is 7. The van der Waals surface area contributed by atoms with Gasteiger partial charge in [0.25, 0.3) is 5.91 Å². The first kappa shape index (κ1) is 26.9. The Morgan fingerprint density at radius 1 is 1.19 bits per heavy atom. The third kappa shape index (κ3) is 4.91. The van der Waals surface area contributed by atoms with Crippen molar-refractivity contribution in [2.75, 3.05) is 36.5 Å². The van der Waals surface area contributed by atoms with Gasteiger partial charge in [0.05, 0.1) is 45.8 Å². The molecule has 0 unspecified atom stereocenters. The molecule has 13 nitrogen and oxygen atoms in total. The average Bonchev–Trinajstić information content (AvgIpc) is 3.75. The number of quaternary nitrogens is 1. The number of thiophene rings is 1. The maximum atomic E-state index is 13.0. The van der Waals surface area contributed by atoms with Crippen molar-refractivity contribution in [1.82, 2.24) is 24.7 Å². The number of hydrogen-bond acceptors (Lipinski definition) is 12. The molecule has 1 saturated carbocycles. The Hall–Kier alpha value is -3.92. The molecule has 0 aromatic carbocycles. The van der Waals surface area contributed by atoms with Crippen molar-refractivity contribution < 1.29 is 19.8 Å². The molecule has 1 saturated heterocycles. The molecule has 5 aromatic rings. The van der Waals surface area contributed by atoms with Crippen LogP contribution in [0.1, 0.15) is 47.5 Å². The first-order chi connectivity index (χ1) is 20.5. The highest BCUT2D eigenvalue weighted by Gasteiger charge is 2.28. The number of carbonyl (C=O) groups is 1. The zero-order valence-corrected chi connectivity index (χ0v) is 24.4. The number of hydrogen-bond donors (Lipinski definition) is 3. The van der Waals surface area contributed by atoms with Gasteiger partial charge < -0.3 is 30.9 Å². The Morgan fingerprint density at radius 3 is 2.83 bits per heavy atom. The van der Waals surface area contributed by atoms with Crippen LogP contribution in [-0.4, -0.2) is 69.0 Å². The summed E-state index contributed by atoms with van der Waals surface area (Å²) >= 11 is 2.97. The van der Waals surface area contributed by atoms with E-state index in [-0.39, 0.29) is 29.5 Å². The molecule has 218 valence electrons. The summed E-state index contributed by atoms with van der Waals surface area (Å²) in [6.45, 7) is 2.76. The van der Waals surface area contributed by atoms with Crippen LogP contribution in [0.5, 0.6) is 0 Å². The summed E-state index contributed by atoms with van der Waals surface area (Å²) in [5.74, 6) is 0.323. The van der Waals surface area contributed by atoms with Crippen LogP contribution >= 0.6 is 22.7 Å². The highest BCUT2D eigenvalue weighted by molar-refractivity contribution is 7.28. The zero-order valence-electron chi connectivity index (χ0n) is 22.7. The van der Waals surface area contributed by atoms with E-state index in [0.717, 1.165) is 54.0 Å². The van der Waals surface area contributed by atoms with Crippen LogP contribution < -0.4 is 27.1 Å². The molecular formula is C27H30N9O4S2+. The lowest BCUT2D eigenvalue weighted by atomic mass is 9.91. The van der Waals surface area contributed by atoms with Crippen LogP contribution in [-0.2, 0) is 11.2 Å². The highest BCUT2D eigenvalue weighted by atomic mass is 32.1. The van der Waals surface area contributed by atoms with Crippen LogP contribution in [0.4, 0.5) is 10.9 Å². The molecule has 1 aliphatic carbocycles. The maximum Gasteiger partial charge on any atom is 0.254 e. The number of anilines is 2.